The van der Waals surface area contributed by atoms with Crippen LogP contribution in [0.25, 0.3) is 0 Å². The van der Waals surface area contributed by atoms with Gasteiger partial charge in [0.25, 0.3) is 0 Å². The van der Waals surface area contributed by atoms with Gasteiger partial charge in [0.1, 0.15) is 0 Å². The van der Waals surface area contributed by atoms with Crippen LogP contribution in [0.15, 0.2) is 23.4 Å². The van der Waals surface area contributed by atoms with Crippen LogP contribution in [-0.2, 0) is 0 Å². The van der Waals surface area contributed by atoms with Gasteiger partial charge in [0, 0.05) is 17.3 Å². The van der Waals surface area contributed by atoms with Crippen LogP contribution in [0.4, 0.5) is 0 Å². The van der Waals surface area contributed by atoms with Gasteiger partial charge in [0.05, 0.1) is 0 Å². The van der Waals surface area contributed by atoms with E-state index in [2.05, 4.69) is 31.5 Å². The molecule has 0 aromatic carbocycles. The molecule has 10 heavy (non-hydrogen) atoms. The molecule has 0 aliphatic carbocycles. The Kier molecular flexibility index (Phi) is 2.33. The molecule has 0 saturated carbocycles. The van der Waals surface area contributed by atoms with Crippen molar-refractivity contribution >= 4 is 12.6 Å². The predicted octanol–water partition coefficient (Wildman–Crippen LogP) is 2.49. The highest BCUT2D eigenvalue weighted by atomic mass is 32.1. The maximum Gasteiger partial charge on any atom is 0.0404 e. The Morgan fingerprint density at radius 3 is 2.60 bits per heavy atom. The van der Waals surface area contributed by atoms with E-state index < -0.39 is 0 Å². The van der Waals surface area contributed by atoms with Crippen molar-refractivity contribution in [3.8, 4) is 0 Å². The normalized spacial score (nSPS) is 10.4. The molecular weight excluding hydrogens is 142 g/mol. The fraction of sp³-hybridized carbons (Fsp3) is 0.375. The first-order valence-corrected chi connectivity index (χ1v) is 3.79. The van der Waals surface area contributed by atoms with Gasteiger partial charge in [-0.2, -0.15) is 0 Å². The van der Waals surface area contributed by atoms with Crippen LogP contribution < -0.4 is 0 Å². The first-order chi connectivity index (χ1) is 4.72. The Labute approximate surface area is 66.9 Å². The van der Waals surface area contributed by atoms with Gasteiger partial charge in [0.2, 0.25) is 0 Å². The highest BCUT2D eigenvalue weighted by molar-refractivity contribution is 7.80. The van der Waals surface area contributed by atoms with Gasteiger partial charge in [-0.15, -0.1) is 12.6 Å². The summed E-state index contributed by atoms with van der Waals surface area (Å²) in [5.41, 5.74) is 1.26. The van der Waals surface area contributed by atoms with E-state index >= 15 is 0 Å². The Hall–Kier alpha value is -0.500. The summed E-state index contributed by atoms with van der Waals surface area (Å²) in [5.74, 6) is 0.537. The van der Waals surface area contributed by atoms with Crippen molar-refractivity contribution in [3.63, 3.8) is 0 Å². The number of pyridine rings is 1. The summed E-state index contributed by atoms with van der Waals surface area (Å²) in [5, 5.41) is 0. The average Bonchev–Trinajstić information content (AvgIpc) is 1.88. The van der Waals surface area contributed by atoms with Crippen LogP contribution >= 0.6 is 12.6 Å². The molecule has 54 valence electrons. The van der Waals surface area contributed by atoms with Gasteiger partial charge in [-0.1, -0.05) is 13.8 Å². The largest absolute Gasteiger partial charge is 0.264 e. The van der Waals surface area contributed by atoms with E-state index in [9.17, 15) is 0 Å². The summed E-state index contributed by atoms with van der Waals surface area (Å²) in [6.07, 6.45) is 3.58. The van der Waals surface area contributed by atoms with Crippen LogP contribution in [0.2, 0.25) is 0 Å². The van der Waals surface area contributed by atoms with Gasteiger partial charge in [-0.05, 0) is 17.5 Å². The number of aromatic nitrogens is 1. The lowest BCUT2D eigenvalue weighted by atomic mass is 10.1. The number of nitrogens with zero attached hydrogens (tertiary/aromatic N) is 1. The first kappa shape index (κ1) is 7.61. The third kappa shape index (κ3) is 1.51. The lowest BCUT2D eigenvalue weighted by Gasteiger charge is -2.05. The molecule has 0 radical (unpaired) electrons. The molecule has 2 heteroatoms. The fourth-order valence-corrected chi connectivity index (χ4v) is 1.28. The molecular formula is C8H11NS. The van der Waals surface area contributed by atoms with E-state index in [0.717, 1.165) is 4.90 Å². The molecule has 0 bridgehead atoms. The second kappa shape index (κ2) is 3.06. The number of rotatable bonds is 1. The van der Waals surface area contributed by atoms with E-state index in [-0.39, 0.29) is 0 Å². The lowest BCUT2D eigenvalue weighted by Crippen LogP contribution is -1.88. The van der Waals surface area contributed by atoms with Crippen LogP contribution in [-0.4, -0.2) is 4.98 Å². The van der Waals surface area contributed by atoms with Gasteiger partial charge in [-0.25, -0.2) is 0 Å². The zero-order valence-corrected chi connectivity index (χ0v) is 7.10. The molecule has 0 aliphatic heterocycles. The second-order valence-electron chi connectivity index (χ2n) is 2.59. The fourth-order valence-electron chi connectivity index (χ4n) is 0.885. The summed E-state index contributed by atoms with van der Waals surface area (Å²) in [6, 6.07) is 2.01. The van der Waals surface area contributed by atoms with Crippen molar-refractivity contribution in [1.29, 1.82) is 0 Å². The third-order valence-electron chi connectivity index (χ3n) is 1.45. The summed E-state index contributed by atoms with van der Waals surface area (Å²) in [6.45, 7) is 4.30. The van der Waals surface area contributed by atoms with Gasteiger partial charge >= 0.3 is 0 Å². The zero-order chi connectivity index (χ0) is 7.56. The smallest absolute Gasteiger partial charge is 0.0404 e. The molecule has 1 aromatic rings. The molecule has 0 saturated heterocycles. The maximum atomic E-state index is 4.27. The van der Waals surface area contributed by atoms with Gasteiger partial charge in [0.15, 0.2) is 0 Å². The van der Waals surface area contributed by atoms with Crippen LogP contribution in [0.3, 0.4) is 0 Å². The predicted molar refractivity (Wildman–Crippen MR) is 45.6 cm³/mol. The second-order valence-corrected chi connectivity index (χ2v) is 3.07. The monoisotopic (exact) mass is 153 g/mol. The minimum atomic E-state index is 0.537. The Morgan fingerprint density at radius 1 is 1.50 bits per heavy atom. The summed E-state index contributed by atoms with van der Waals surface area (Å²) >= 11 is 4.27. The minimum absolute atomic E-state index is 0.537. The first-order valence-electron chi connectivity index (χ1n) is 3.34. The molecule has 0 N–H and O–H groups in total. The highest BCUT2D eigenvalue weighted by Crippen LogP contribution is 2.20. The highest BCUT2D eigenvalue weighted by Gasteiger charge is 2.01. The number of hydrogen-bond acceptors (Lipinski definition) is 2. The molecule has 1 heterocycles. The molecule has 0 atom stereocenters. The van der Waals surface area contributed by atoms with Crippen LogP contribution in [0, 0.1) is 0 Å². The van der Waals surface area contributed by atoms with Gasteiger partial charge in [-0.3, -0.25) is 4.98 Å². The third-order valence-corrected chi connectivity index (χ3v) is 1.83. The lowest BCUT2D eigenvalue weighted by molar-refractivity contribution is 0.836. The zero-order valence-electron chi connectivity index (χ0n) is 6.20. The van der Waals surface area contributed by atoms with Crippen molar-refractivity contribution in [2.45, 2.75) is 24.7 Å². The van der Waals surface area contributed by atoms with Crippen LogP contribution in [0.1, 0.15) is 25.3 Å². The van der Waals surface area contributed by atoms with Crippen molar-refractivity contribution in [3.05, 3.63) is 24.0 Å². The quantitative estimate of drug-likeness (QED) is 0.612. The van der Waals surface area contributed by atoms with E-state index in [4.69, 9.17) is 0 Å². The summed E-state index contributed by atoms with van der Waals surface area (Å²) < 4.78 is 0. The maximum absolute atomic E-state index is 4.27. The Bertz CT molecular complexity index is 220. The van der Waals surface area contributed by atoms with E-state index in [1.807, 2.05) is 6.07 Å². The number of thiol groups is 1. The molecule has 0 unspecified atom stereocenters. The molecule has 0 amide bonds. The molecule has 1 rings (SSSR count). The van der Waals surface area contributed by atoms with E-state index in [1.54, 1.807) is 12.4 Å². The molecule has 1 aromatic heterocycles. The average molecular weight is 153 g/mol. The van der Waals surface area contributed by atoms with Crippen molar-refractivity contribution in [2.24, 2.45) is 0 Å². The topological polar surface area (TPSA) is 12.9 Å². The van der Waals surface area contributed by atoms with Crippen molar-refractivity contribution in [1.82, 2.24) is 4.98 Å². The molecule has 0 aliphatic rings. The summed E-state index contributed by atoms with van der Waals surface area (Å²) in [4.78, 5) is 4.93. The number of hydrogen-bond donors (Lipinski definition) is 1. The Balaban J connectivity index is 3.03. The minimum Gasteiger partial charge on any atom is -0.264 e. The van der Waals surface area contributed by atoms with Crippen molar-refractivity contribution < 1.29 is 0 Å². The van der Waals surface area contributed by atoms with E-state index in [1.165, 1.54) is 5.56 Å². The van der Waals surface area contributed by atoms with E-state index in [0.29, 0.717) is 5.92 Å². The SMILES string of the molecule is CC(C)c1ccncc1S. The van der Waals surface area contributed by atoms with Crippen molar-refractivity contribution in [2.75, 3.05) is 0 Å². The molecule has 0 fully saturated rings. The standard InChI is InChI=1S/C8H11NS/c1-6(2)7-3-4-9-5-8(7)10/h3-6,10H,1-2H3. The molecule has 0 spiro atoms. The summed E-state index contributed by atoms with van der Waals surface area (Å²) in [7, 11) is 0. The van der Waals surface area contributed by atoms with Gasteiger partial charge < -0.3 is 0 Å². The molecule has 1 nitrogen and oxygen atoms in total. The van der Waals surface area contributed by atoms with Crippen LogP contribution in [0.5, 0.6) is 0 Å². The Morgan fingerprint density at radius 2 is 2.20 bits per heavy atom.